The van der Waals surface area contributed by atoms with Crippen molar-refractivity contribution in [3.05, 3.63) is 65.0 Å². The zero-order chi connectivity index (χ0) is 31.8. The second kappa shape index (κ2) is 14.8. The zero-order valence-electron chi connectivity index (χ0n) is 25.8. The van der Waals surface area contributed by atoms with E-state index >= 15 is 0 Å². The molecule has 0 spiro atoms. The summed E-state index contributed by atoms with van der Waals surface area (Å²) in [6, 6.07) is 12.9. The number of guanidine groups is 1. The van der Waals surface area contributed by atoms with Gasteiger partial charge in [0.15, 0.2) is 5.75 Å². The molecule has 2 saturated heterocycles. The summed E-state index contributed by atoms with van der Waals surface area (Å²) in [4.78, 5) is 35.4. The Morgan fingerprint density at radius 2 is 1.84 bits per heavy atom. The average molecular weight is 617 g/mol. The van der Waals surface area contributed by atoms with Crippen LogP contribution >= 0.6 is 0 Å². The van der Waals surface area contributed by atoms with Gasteiger partial charge in [0.05, 0.1) is 49.9 Å². The number of morpholine rings is 1. The molecule has 45 heavy (non-hydrogen) atoms. The summed E-state index contributed by atoms with van der Waals surface area (Å²) in [6.07, 6.45) is 2.85. The molecule has 3 aliphatic heterocycles. The van der Waals surface area contributed by atoms with Gasteiger partial charge in [-0.2, -0.15) is 10.1 Å². The number of hydrazone groups is 1. The third kappa shape index (κ3) is 7.67. The number of ether oxygens (including phenoxy) is 3. The minimum atomic E-state index is -0.656. The number of carbonyl (C=O) groups excluding carboxylic acids is 2. The van der Waals surface area contributed by atoms with Gasteiger partial charge in [0, 0.05) is 49.5 Å². The highest BCUT2D eigenvalue weighted by molar-refractivity contribution is 6.05. The monoisotopic (exact) mass is 616 g/mol. The van der Waals surface area contributed by atoms with Crippen LogP contribution in [-0.2, 0) is 14.3 Å². The summed E-state index contributed by atoms with van der Waals surface area (Å²) in [5, 5.41) is 13.3. The van der Waals surface area contributed by atoms with Crippen molar-refractivity contribution in [2.75, 3.05) is 63.8 Å². The molecule has 4 N–H and O–H groups in total. The van der Waals surface area contributed by atoms with Gasteiger partial charge >= 0.3 is 0 Å². The molecule has 13 nitrogen and oxygen atoms in total. The molecule has 0 bridgehead atoms. The highest BCUT2D eigenvalue weighted by atomic mass is 16.5. The molecule has 2 aromatic rings. The van der Waals surface area contributed by atoms with Crippen molar-refractivity contribution in [1.29, 1.82) is 0 Å². The lowest BCUT2D eigenvalue weighted by Gasteiger charge is -2.29. The molecule has 0 radical (unpaired) electrons. The van der Waals surface area contributed by atoms with Crippen LogP contribution < -0.4 is 21.1 Å². The van der Waals surface area contributed by atoms with E-state index in [1.165, 1.54) is 0 Å². The van der Waals surface area contributed by atoms with Crippen molar-refractivity contribution in [2.24, 2.45) is 20.8 Å². The maximum atomic E-state index is 12.8. The Kier molecular flexibility index (Phi) is 10.4. The predicted molar refractivity (Wildman–Crippen MR) is 174 cm³/mol. The number of nitrogens with two attached hydrogens (primary N) is 1. The number of amides is 2. The molecule has 13 heteroatoms. The Labute approximate surface area is 262 Å². The van der Waals surface area contributed by atoms with E-state index < -0.39 is 5.91 Å². The summed E-state index contributed by atoms with van der Waals surface area (Å²) >= 11 is 0. The normalized spacial score (nSPS) is 19.4. The highest BCUT2D eigenvalue weighted by Crippen LogP contribution is 2.33. The number of rotatable bonds is 9. The Morgan fingerprint density at radius 3 is 2.51 bits per heavy atom. The van der Waals surface area contributed by atoms with E-state index in [1.807, 2.05) is 18.2 Å². The number of primary amides is 1. The number of nitrogens with one attached hydrogen (secondary N) is 2. The number of anilines is 2. The molecule has 3 heterocycles. The molecule has 2 aromatic carbocycles. The fourth-order valence-corrected chi connectivity index (χ4v) is 5.40. The smallest absolute Gasteiger partial charge is 0.254 e. The number of benzene rings is 2. The third-order valence-electron chi connectivity index (χ3n) is 7.95. The third-order valence-corrected chi connectivity index (χ3v) is 7.95. The van der Waals surface area contributed by atoms with Gasteiger partial charge < -0.3 is 35.5 Å². The molecular weight excluding hydrogens is 576 g/mol. The van der Waals surface area contributed by atoms with Crippen molar-refractivity contribution in [3.8, 4) is 5.75 Å². The van der Waals surface area contributed by atoms with Crippen molar-refractivity contribution >= 4 is 41.6 Å². The fraction of sp³-hybridized carbons (Fsp3) is 0.406. The van der Waals surface area contributed by atoms with Gasteiger partial charge in [0.2, 0.25) is 11.9 Å². The van der Waals surface area contributed by atoms with Gasteiger partial charge in [-0.3, -0.25) is 14.6 Å². The minimum absolute atomic E-state index is 0.0532. The largest absolute Gasteiger partial charge is 0.494 e. The Balaban J connectivity index is 1.36. The number of para-hydroxylation sites is 1. The zero-order valence-corrected chi connectivity index (χ0v) is 25.8. The molecule has 2 amide bonds. The number of hydrogen-bond donors (Lipinski definition) is 3. The first-order valence-electron chi connectivity index (χ1n) is 15.0. The minimum Gasteiger partial charge on any atom is -0.494 e. The van der Waals surface area contributed by atoms with Crippen LogP contribution in [0.15, 0.2) is 68.9 Å². The van der Waals surface area contributed by atoms with Crippen LogP contribution in [0.5, 0.6) is 5.75 Å². The Morgan fingerprint density at radius 1 is 1.07 bits per heavy atom. The SMILES string of the molecule is C=NC(=N/C(Nc1cccc(C2=NN(C3CCCOC3)CC2)c1OC)=C(\C)C(N)=O)Nc1ccc(C(=O)N2CCOCC2)cc1. The Bertz CT molecular complexity index is 1490. The summed E-state index contributed by atoms with van der Waals surface area (Å²) in [6.45, 7) is 9.69. The summed E-state index contributed by atoms with van der Waals surface area (Å²) in [5.74, 6) is 0.135. The van der Waals surface area contributed by atoms with E-state index in [1.54, 1.807) is 43.2 Å². The second-order valence-corrected chi connectivity index (χ2v) is 10.9. The second-order valence-electron chi connectivity index (χ2n) is 10.9. The topological polar surface area (TPSA) is 155 Å². The summed E-state index contributed by atoms with van der Waals surface area (Å²) < 4.78 is 16.9. The first-order valence-corrected chi connectivity index (χ1v) is 15.0. The molecule has 1 unspecified atom stereocenters. The standard InChI is InChI=1S/C32H40N8O5/c1-21(29(33)41)30(37-32(34-2)35-23-11-9-22(10-12-23)31(42)39-15-18-44-19-16-39)36-27-8-4-7-25(28(27)43-3)26-13-14-40(38-26)24-6-5-17-45-20-24/h4,7-12,24,36H,2,5-6,13-20H2,1,3H3,(H2,33,41)(H,35,37)/b30-21+. The Hall–Kier alpha value is -4.75. The average Bonchev–Trinajstić information content (AvgIpc) is 3.58. The van der Waals surface area contributed by atoms with Crippen molar-refractivity contribution in [1.82, 2.24) is 9.91 Å². The number of aliphatic imine (C=N–C) groups is 2. The first-order chi connectivity index (χ1) is 21.9. The van der Waals surface area contributed by atoms with Crippen molar-refractivity contribution in [2.45, 2.75) is 32.2 Å². The van der Waals surface area contributed by atoms with Gasteiger partial charge in [-0.25, -0.2) is 4.99 Å². The van der Waals surface area contributed by atoms with Gasteiger partial charge in [-0.05, 0) is 62.9 Å². The highest BCUT2D eigenvalue weighted by Gasteiger charge is 2.27. The van der Waals surface area contributed by atoms with E-state index in [2.05, 4.69) is 32.3 Å². The van der Waals surface area contributed by atoms with Crippen molar-refractivity contribution in [3.63, 3.8) is 0 Å². The predicted octanol–water partition coefficient (Wildman–Crippen LogP) is 3.05. The van der Waals surface area contributed by atoms with Gasteiger partial charge in [-0.15, -0.1) is 0 Å². The van der Waals surface area contributed by atoms with Gasteiger partial charge in [0.1, 0.15) is 5.82 Å². The van der Waals surface area contributed by atoms with Crippen LogP contribution in [0.3, 0.4) is 0 Å². The maximum absolute atomic E-state index is 12.8. The summed E-state index contributed by atoms with van der Waals surface area (Å²) in [5.41, 5.74) is 9.37. The van der Waals surface area contributed by atoms with Crippen LogP contribution in [0, 0.1) is 0 Å². The lowest BCUT2D eigenvalue weighted by molar-refractivity contribution is -0.114. The molecule has 1 atom stereocenters. The molecule has 0 aromatic heterocycles. The summed E-state index contributed by atoms with van der Waals surface area (Å²) in [7, 11) is 1.59. The number of methoxy groups -OCH3 is 1. The maximum Gasteiger partial charge on any atom is 0.254 e. The van der Waals surface area contributed by atoms with Crippen molar-refractivity contribution < 1.29 is 23.8 Å². The first kappa shape index (κ1) is 31.7. The van der Waals surface area contributed by atoms with Crippen LogP contribution in [0.1, 0.15) is 42.1 Å². The quantitative estimate of drug-likeness (QED) is 0.221. The van der Waals surface area contributed by atoms with Crippen LogP contribution in [-0.4, -0.2) is 99.3 Å². The van der Waals surface area contributed by atoms with Gasteiger partial charge in [0.25, 0.3) is 5.91 Å². The number of nitrogens with zero attached hydrogens (tertiary/aromatic N) is 5. The van der Waals surface area contributed by atoms with E-state index in [-0.39, 0.29) is 29.3 Å². The molecule has 5 rings (SSSR count). The molecular formula is C32H40N8O5. The lowest BCUT2D eigenvalue weighted by atomic mass is 10.1. The van der Waals surface area contributed by atoms with E-state index in [9.17, 15) is 9.59 Å². The molecule has 3 aliphatic rings. The van der Waals surface area contributed by atoms with Crippen LogP contribution in [0.25, 0.3) is 0 Å². The molecule has 2 fully saturated rings. The molecule has 238 valence electrons. The lowest BCUT2D eigenvalue weighted by Crippen LogP contribution is -2.40. The molecule has 0 saturated carbocycles. The van der Waals surface area contributed by atoms with E-state index in [0.29, 0.717) is 55.6 Å². The molecule has 0 aliphatic carbocycles. The van der Waals surface area contributed by atoms with E-state index in [4.69, 9.17) is 25.0 Å². The van der Waals surface area contributed by atoms with Gasteiger partial charge in [-0.1, -0.05) is 6.07 Å². The van der Waals surface area contributed by atoms with Crippen LogP contribution in [0.4, 0.5) is 11.4 Å². The number of carbonyl (C=O) groups is 2. The van der Waals surface area contributed by atoms with E-state index in [0.717, 1.165) is 43.7 Å². The van der Waals surface area contributed by atoms with Crippen LogP contribution in [0.2, 0.25) is 0 Å². The number of hydrogen-bond acceptors (Lipinski definition) is 9. The fourth-order valence-electron chi connectivity index (χ4n) is 5.40.